The molecular weight excluding hydrogens is 247 g/mol. The van der Waals surface area contributed by atoms with Gasteiger partial charge in [-0.2, -0.15) is 5.10 Å². The molecule has 1 aromatic heterocycles. The van der Waals surface area contributed by atoms with Crippen molar-refractivity contribution in [3.05, 3.63) is 47.5 Å². The first-order chi connectivity index (χ1) is 9.06. The summed E-state index contributed by atoms with van der Waals surface area (Å²) in [6, 6.07) is 5.88. The lowest BCUT2D eigenvalue weighted by molar-refractivity contribution is 0.0950. The van der Waals surface area contributed by atoms with Gasteiger partial charge in [-0.25, -0.2) is 4.39 Å². The van der Waals surface area contributed by atoms with Crippen LogP contribution in [-0.4, -0.2) is 22.2 Å². The van der Waals surface area contributed by atoms with Gasteiger partial charge in [-0.3, -0.25) is 9.48 Å². The van der Waals surface area contributed by atoms with Crippen LogP contribution in [0.5, 0.6) is 0 Å². The Bertz CT molecular complexity index is 594. The van der Waals surface area contributed by atoms with Gasteiger partial charge in [0.25, 0.3) is 5.91 Å². The zero-order valence-corrected chi connectivity index (χ0v) is 10.6. The van der Waals surface area contributed by atoms with Crippen LogP contribution in [0.2, 0.25) is 0 Å². The molecule has 0 spiro atoms. The van der Waals surface area contributed by atoms with Crippen LogP contribution in [0.15, 0.2) is 30.5 Å². The molecule has 1 heterocycles. The van der Waals surface area contributed by atoms with Crippen molar-refractivity contribution in [2.45, 2.75) is 6.42 Å². The van der Waals surface area contributed by atoms with E-state index in [0.717, 1.165) is 11.8 Å². The summed E-state index contributed by atoms with van der Waals surface area (Å²) in [5, 5.41) is 6.83. The molecule has 0 bridgehead atoms. The van der Waals surface area contributed by atoms with Gasteiger partial charge in [-0.1, -0.05) is 0 Å². The number of anilines is 1. The smallest absolute Gasteiger partial charge is 0.254 e. The largest absolute Gasteiger partial charge is 0.399 e. The Kier molecular flexibility index (Phi) is 3.79. The van der Waals surface area contributed by atoms with E-state index < -0.39 is 11.7 Å². The molecular formula is C13H15FN4O. The van der Waals surface area contributed by atoms with Gasteiger partial charge in [0.05, 0.1) is 11.3 Å². The van der Waals surface area contributed by atoms with Crippen LogP contribution in [0.1, 0.15) is 16.1 Å². The van der Waals surface area contributed by atoms with E-state index >= 15 is 0 Å². The van der Waals surface area contributed by atoms with Gasteiger partial charge in [-0.05, 0) is 24.3 Å². The number of aryl methyl sites for hydroxylation is 1. The van der Waals surface area contributed by atoms with Crippen molar-refractivity contribution in [3.8, 4) is 0 Å². The normalized spacial score (nSPS) is 10.4. The third-order valence-electron chi connectivity index (χ3n) is 2.67. The number of carbonyl (C=O) groups excluding carboxylic acids is 1. The minimum atomic E-state index is -0.615. The number of carbonyl (C=O) groups is 1. The minimum Gasteiger partial charge on any atom is -0.399 e. The first-order valence-corrected chi connectivity index (χ1v) is 5.88. The topological polar surface area (TPSA) is 72.9 Å². The molecule has 0 radical (unpaired) electrons. The number of nitrogen functional groups attached to an aromatic ring is 1. The molecule has 19 heavy (non-hydrogen) atoms. The number of rotatable bonds is 4. The molecule has 100 valence electrons. The molecule has 3 N–H and O–H groups in total. The highest BCUT2D eigenvalue weighted by atomic mass is 19.1. The number of hydrogen-bond acceptors (Lipinski definition) is 3. The zero-order valence-electron chi connectivity index (χ0n) is 10.6. The second-order valence-electron chi connectivity index (χ2n) is 4.23. The molecule has 1 amide bonds. The van der Waals surface area contributed by atoms with Crippen LogP contribution < -0.4 is 11.1 Å². The molecule has 2 aromatic rings. The summed E-state index contributed by atoms with van der Waals surface area (Å²) in [6.07, 6.45) is 2.43. The van der Waals surface area contributed by atoms with Gasteiger partial charge in [0.15, 0.2) is 0 Å². The van der Waals surface area contributed by atoms with E-state index in [1.54, 1.807) is 4.68 Å². The molecule has 0 saturated heterocycles. The van der Waals surface area contributed by atoms with Crippen molar-refractivity contribution >= 4 is 11.6 Å². The van der Waals surface area contributed by atoms with Gasteiger partial charge < -0.3 is 11.1 Å². The second-order valence-corrected chi connectivity index (χ2v) is 4.23. The molecule has 0 atom stereocenters. The third kappa shape index (κ3) is 3.31. The van der Waals surface area contributed by atoms with Gasteiger partial charge in [0.2, 0.25) is 0 Å². The van der Waals surface area contributed by atoms with Crippen LogP contribution in [0.25, 0.3) is 0 Å². The summed E-state index contributed by atoms with van der Waals surface area (Å²) in [5.41, 5.74) is 6.59. The number of amides is 1. The molecule has 0 aliphatic heterocycles. The summed E-state index contributed by atoms with van der Waals surface area (Å²) >= 11 is 0. The van der Waals surface area contributed by atoms with Crippen LogP contribution in [0.4, 0.5) is 10.1 Å². The Labute approximate surface area is 110 Å². The van der Waals surface area contributed by atoms with Crippen molar-refractivity contribution < 1.29 is 9.18 Å². The lowest BCUT2D eigenvalue weighted by Crippen LogP contribution is -2.26. The molecule has 6 heteroatoms. The maximum atomic E-state index is 13.5. The number of nitrogens with two attached hydrogens (primary N) is 1. The van der Waals surface area contributed by atoms with Crippen molar-refractivity contribution in [2.75, 3.05) is 12.3 Å². The summed E-state index contributed by atoms with van der Waals surface area (Å²) in [7, 11) is 1.83. The molecule has 0 aliphatic carbocycles. The van der Waals surface area contributed by atoms with E-state index in [2.05, 4.69) is 10.4 Å². The Morgan fingerprint density at radius 3 is 2.89 bits per heavy atom. The van der Waals surface area contributed by atoms with Crippen molar-refractivity contribution in [1.82, 2.24) is 15.1 Å². The van der Waals surface area contributed by atoms with Gasteiger partial charge in [-0.15, -0.1) is 0 Å². The van der Waals surface area contributed by atoms with E-state index in [1.165, 1.54) is 12.1 Å². The second kappa shape index (κ2) is 5.51. The summed E-state index contributed by atoms with van der Waals surface area (Å²) < 4.78 is 15.2. The van der Waals surface area contributed by atoms with Crippen LogP contribution in [-0.2, 0) is 13.5 Å². The monoisotopic (exact) mass is 262 g/mol. The van der Waals surface area contributed by atoms with E-state index in [1.807, 2.05) is 19.3 Å². The molecule has 0 unspecified atom stereocenters. The van der Waals surface area contributed by atoms with Gasteiger partial charge in [0, 0.05) is 31.9 Å². The standard InChI is InChI=1S/C13H15FN4O/c1-18-7-5-10(17-18)4-6-16-13(19)11-3-2-9(15)8-12(11)14/h2-3,5,7-8H,4,6,15H2,1H3,(H,16,19). The van der Waals surface area contributed by atoms with E-state index in [-0.39, 0.29) is 5.56 Å². The third-order valence-corrected chi connectivity index (χ3v) is 2.67. The highest BCUT2D eigenvalue weighted by molar-refractivity contribution is 5.94. The quantitative estimate of drug-likeness (QED) is 0.811. The number of nitrogens with one attached hydrogen (secondary N) is 1. The molecule has 0 saturated carbocycles. The van der Waals surface area contributed by atoms with E-state index in [4.69, 9.17) is 5.73 Å². The lowest BCUT2D eigenvalue weighted by Gasteiger charge is -2.05. The first kappa shape index (κ1) is 13.1. The molecule has 2 rings (SSSR count). The number of hydrogen-bond donors (Lipinski definition) is 2. The molecule has 5 nitrogen and oxygen atoms in total. The van der Waals surface area contributed by atoms with Gasteiger partial charge >= 0.3 is 0 Å². The summed E-state index contributed by atoms with van der Waals surface area (Å²) in [6.45, 7) is 0.402. The number of benzene rings is 1. The lowest BCUT2D eigenvalue weighted by atomic mass is 10.2. The van der Waals surface area contributed by atoms with Crippen molar-refractivity contribution in [3.63, 3.8) is 0 Å². The fraction of sp³-hybridized carbons (Fsp3) is 0.231. The van der Waals surface area contributed by atoms with E-state index in [9.17, 15) is 9.18 Å². The average Bonchev–Trinajstić information content (AvgIpc) is 2.75. The number of aromatic nitrogens is 2. The highest BCUT2D eigenvalue weighted by Crippen LogP contribution is 2.11. The fourth-order valence-corrected chi connectivity index (χ4v) is 1.71. The van der Waals surface area contributed by atoms with Crippen LogP contribution in [0.3, 0.4) is 0 Å². The average molecular weight is 262 g/mol. The predicted molar refractivity (Wildman–Crippen MR) is 70.1 cm³/mol. The van der Waals surface area contributed by atoms with Gasteiger partial charge in [0.1, 0.15) is 5.82 Å². The Hall–Kier alpha value is -2.37. The summed E-state index contributed by atoms with van der Waals surface area (Å²) in [5.74, 6) is -1.07. The van der Waals surface area contributed by atoms with Crippen molar-refractivity contribution in [2.24, 2.45) is 7.05 Å². The first-order valence-electron chi connectivity index (χ1n) is 5.88. The maximum Gasteiger partial charge on any atom is 0.254 e. The Balaban J connectivity index is 1.90. The maximum absolute atomic E-state index is 13.5. The SMILES string of the molecule is Cn1ccc(CCNC(=O)c2ccc(N)cc2F)n1. The predicted octanol–water partition coefficient (Wildman–Crippen LogP) is 1.11. The van der Waals surface area contributed by atoms with Crippen LogP contribution >= 0.6 is 0 Å². The Morgan fingerprint density at radius 1 is 1.47 bits per heavy atom. The van der Waals surface area contributed by atoms with Crippen molar-refractivity contribution in [1.29, 1.82) is 0 Å². The molecule has 0 fully saturated rings. The fourth-order valence-electron chi connectivity index (χ4n) is 1.71. The van der Waals surface area contributed by atoms with Crippen LogP contribution in [0, 0.1) is 5.82 Å². The summed E-state index contributed by atoms with van der Waals surface area (Å²) in [4.78, 5) is 11.8. The highest BCUT2D eigenvalue weighted by Gasteiger charge is 2.11. The zero-order chi connectivity index (χ0) is 13.8. The molecule has 0 aliphatic rings. The minimum absolute atomic E-state index is 0.00443. The Morgan fingerprint density at radius 2 is 2.26 bits per heavy atom. The van der Waals surface area contributed by atoms with E-state index in [0.29, 0.717) is 18.7 Å². The number of nitrogens with zero attached hydrogens (tertiary/aromatic N) is 2. The molecule has 1 aromatic carbocycles. The number of halogens is 1.